The first-order valence-corrected chi connectivity index (χ1v) is 13.9. The predicted molar refractivity (Wildman–Crippen MR) is 144 cm³/mol. The molecule has 1 fully saturated rings. The molecular weight excluding hydrogens is 514 g/mol. The van der Waals surface area contributed by atoms with E-state index in [1.807, 2.05) is 32.2 Å². The quantitative estimate of drug-likeness (QED) is 0.355. The fraction of sp³-hybridized carbons (Fsp3) is 0.480. The smallest absolute Gasteiger partial charge is 0.261 e. The third-order valence-electron chi connectivity index (χ3n) is 6.26. The highest BCUT2D eigenvalue weighted by molar-refractivity contribution is 7.85. The average Bonchev–Trinajstić information content (AvgIpc) is 3.42. The van der Waals surface area contributed by atoms with Gasteiger partial charge in [0.05, 0.1) is 67.7 Å². The first kappa shape index (κ1) is 27.8. The number of methoxy groups -OCH3 is 2. The Balaban J connectivity index is 0.000000617. The summed E-state index contributed by atoms with van der Waals surface area (Å²) in [5.41, 5.74) is 5.40. The van der Waals surface area contributed by atoms with Gasteiger partial charge in [0.2, 0.25) is 5.95 Å². The van der Waals surface area contributed by atoms with E-state index >= 15 is 0 Å². The number of aryl methyl sites for hydroxylation is 2. The molecule has 12 nitrogen and oxygen atoms in total. The summed E-state index contributed by atoms with van der Waals surface area (Å²) >= 11 is 0. The molecule has 0 unspecified atom stereocenters. The lowest BCUT2D eigenvalue weighted by Gasteiger charge is -2.30. The molecule has 1 aliphatic rings. The van der Waals surface area contributed by atoms with Crippen molar-refractivity contribution in [2.45, 2.75) is 26.8 Å². The van der Waals surface area contributed by atoms with Crippen LogP contribution in [0.15, 0.2) is 22.9 Å². The fourth-order valence-corrected chi connectivity index (χ4v) is 4.74. The summed E-state index contributed by atoms with van der Waals surface area (Å²) in [6, 6.07) is 4.18. The van der Waals surface area contributed by atoms with E-state index in [4.69, 9.17) is 33.3 Å². The van der Waals surface area contributed by atoms with Crippen LogP contribution < -0.4 is 9.64 Å². The van der Waals surface area contributed by atoms with Crippen LogP contribution in [-0.4, -0.2) is 86.0 Å². The summed E-state index contributed by atoms with van der Waals surface area (Å²) in [6.07, 6.45) is 2.56. The Morgan fingerprint density at radius 3 is 2.42 bits per heavy atom. The van der Waals surface area contributed by atoms with Gasteiger partial charge in [0.25, 0.3) is 10.1 Å². The minimum Gasteiger partial charge on any atom is -0.496 e. The highest BCUT2D eigenvalue weighted by atomic mass is 32.2. The van der Waals surface area contributed by atoms with Crippen molar-refractivity contribution in [2.24, 2.45) is 0 Å². The zero-order chi connectivity index (χ0) is 27.6. The molecule has 3 aromatic heterocycles. The van der Waals surface area contributed by atoms with E-state index < -0.39 is 10.1 Å². The monoisotopic (exact) mass is 547 g/mol. The van der Waals surface area contributed by atoms with Crippen LogP contribution in [0.2, 0.25) is 0 Å². The average molecular weight is 548 g/mol. The zero-order valence-electron chi connectivity index (χ0n) is 22.4. The lowest BCUT2D eigenvalue weighted by atomic mass is 10.0. The molecule has 1 saturated heterocycles. The SMILES string of the molecule is COC[C@@H](C)n1c(N2CCOCC2)nc2cnc3cc(-c4c(C)noc4C)c(OC)cc3c21.CS(=O)(=O)O. The van der Waals surface area contributed by atoms with Gasteiger partial charge in [-0.15, -0.1) is 0 Å². The maximum atomic E-state index is 9.19. The van der Waals surface area contributed by atoms with Crippen molar-refractivity contribution in [3.8, 4) is 16.9 Å². The van der Waals surface area contributed by atoms with Gasteiger partial charge in [-0.2, -0.15) is 8.42 Å². The van der Waals surface area contributed by atoms with E-state index in [1.165, 1.54) is 0 Å². The molecule has 206 valence electrons. The van der Waals surface area contributed by atoms with Crippen molar-refractivity contribution in [1.82, 2.24) is 19.7 Å². The number of rotatable bonds is 6. The Morgan fingerprint density at radius 2 is 1.84 bits per heavy atom. The molecule has 0 amide bonds. The van der Waals surface area contributed by atoms with Gasteiger partial charge in [-0.25, -0.2) is 4.98 Å². The van der Waals surface area contributed by atoms with Crippen LogP contribution >= 0.6 is 0 Å². The molecule has 1 atom stereocenters. The number of fused-ring (bicyclic) bond motifs is 3. The molecule has 5 rings (SSSR count). The molecule has 4 aromatic rings. The Labute approximate surface area is 221 Å². The third-order valence-corrected chi connectivity index (χ3v) is 6.26. The number of morpholine rings is 1. The second kappa shape index (κ2) is 11.2. The Kier molecular flexibility index (Phi) is 8.21. The first-order valence-electron chi connectivity index (χ1n) is 12.1. The summed E-state index contributed by atoms with van der Waals surface area (Å²) in [4.78, 5) is 12.0. The number of nitrogens with zero attached hydrogens (tertiary/aromatic N) is 5. The van der Waals surface area contributed by atoms with E-state index in [9.17, 15) is 8.42 Å². The topological polar surface area (TPSA) is 142 Å². The molecule has 0 aliphatic carbocycles. The standard InChI is InChI=1S/C24H29N5O4.CH4O3S/c1-14(13-30-4)29-23-17-11-21(31-5)18(22-15(2)27-33-16(22)3)10-19(17)25-12-20(23)26-24(29)28-6-8-32-9-7-28;1-5(2,3)4/h10-12,14H,6-9,13H2,1-5H3;1H3,(H,2,3,4)/t14-;/m1./s1. The van der Waals surface area contributed by atoms with Gasteiger partial charge in [-0.1, -0.05) is 5.16 Å². The first-order chi connectivity index (χ1) is 18.0. The van der Waals surface area contributed by atoms with Crippen LogP contribution in [0.3, 0.4) is 0 Å². The lowest BCUT2D eigenvalue weighted by Crippen LogP contribution is -2.38. The normalized spacial score (nSPS) is 15.0. The Hall–Kier alpha value is -3.26. The van der Waals surface area contributed by atoms with E-state index in [0.717, 1.165) is 69.3 Å². The molecule has 1 aromatic carbocycles. The summed E-state index contributed by atoms with van der Waals surface area (Å²) in [5, 5.41) is 5.10. The van der Waals surface area contributed by atoms with Gasteiger partial charge in [0.1, 0.15) is 17.0 Å². The highest BCUT2D eigenvalue weighted by Gasteiger charge is 2.25. The summed E-state index contributed by atoms with van der Waals surface area (Å²) in [7, 11) is -0.261. The van der Waals surface area contributed by atoms with Gasteiger partial charge in [0.15, 0.2) is 0 Å². The van der Waals surface area contributed by atoms with E-state index in [0.29, 0.717) is 26.1 Å². The van der Waals surface area contributed by atoms with E-state index in [-0.39, 0.29) is 6.04 Å². The maximum Gasteiger partial charge on any atom is 0.261 e. The molecule has 0 saturated carbocycles. The molecule has 1 aliphatic heterocycles. The predicted octanol–water partition coefficient (Wildman–Crippen LogP) is 3.41. The van der Waals surface area contributed by atoms with Crippen LogP contribution in [0.5, 0.6) is 5.75 Å². The summed E-state index contributed by atoms with van der Waals surface area (Å²) in [6.45, 7) is 9.54. The van der Waals surface area contributed by atoms with Gasteiger partial charge >= 0.3 is 0 Å². The van der Waals surface area contributed by atoms with Crippen molar-refractivity contribution < 1.29 is 31.7 Å². The van der Waals surface area contributed by atoms with Crippen LogP contribution in [0.25, 0.3) is 33.1 Å². The van der Waals surface area contributed by atoms with Crippen LogP contribution in [0, 0.1) is 13.8 Å². The molecule has 38 heavy (non-hydrogen) atoms. The van der Waals surface area contributed by atoms with Crippen LogP contribution in [0.4, 0.5) is 5.95 Å². The van der Waals surface area contributed by atoms with Crippen molar-refractivity contribution in [3.63, 3.8) is 0 Å². The molecule has 0 bridgehead atoms. The largest absolute Gasteiger partial charge is 0.496 e. The number of imidazole rings is 1. The number of aromatic nitrogens is 4. The second-order valence-corrected chi connectivity index (χ2v) is 10.6. The Morgan fingerprint density at radius 1 is 1.16 bits per heavy atom. The third kappa shape index (κ3) is 5.75. The van der Waals surface area contributed by atoms with Gasteiger partial charge in [-0.05, 0) is 32.9 Å². The molecule has 0 spiro atoms. The number of ether oxygens (including phenoxy) is 3. The van der Waals surface area contributed by atoms with Crippen molar-refractivity contribution in [2.75, 3.05) is 58.3 Å². The number of hydrogen-bond donors (Lipinski definition) is 1. The molecule has 1 N–H and O–H groups in total. The van der Waals surface area contributed by atoms with Crippen LogP contribution in [0.1, 0.15) is 24.4 Å². The van der Waals surface area contributed by atoms with Crippen molar-refractivity contribution in [3.05, 3.63) is 29.8 Å². The number of hydrogen-bond acceptors (Lipinski definition) is 10. The highest BCUT2D eigenvalue weighted by Crippen LogP contribution is 2.40. The summed E-state index contributed by atoms with van der Waals surface area (Å²) < 4.78 is 50.5. The summed E-state index contributed by atoms with van der Waals surface area (Å²) in [5.74, 6) is 2.41. The van der Waals surface area contributed by atoms with Crippen LogP contribution in [-0.2, 0) is 19.6 Å². The van der Waals surface area contributed by atoms with E-state index in [2.05, 4.69) is 21.5 Å². The van der Waals surface area contributed by atoms with Gasteiger partial charge < -0.3 is 28.2 Å². The minimum absolute atomic E-state index is 0.0803. The molecule has 0 radical (unpaired) electrons. The number of benzene rings is 1. The molecule has 4 heterocycles. The number of pyridine rings is 1. The number of anilines is 1. The van der Waals surface area contributed by atoms with E-state index in [1.54, 1.807) is 14.2 Å². The molecule has 13 heteroatoms. The van der Waals surface area contributed by atoms with Crippen molar-refractivity contribution in [1.29, 1.82) is 0 Å². The van der Waals surface area contributed by atoms with Gasteiger partial charge in [0, 0.05) is 31.1 Å². The minimum atomic E-state index is -3.67. The fourth-order valence-electron chi connectivity index (χ4n) is 4.74. The van der Waals surface area contributed by atoms with Gasteiger partial charge in [-0.3, -0.25) is 9.54 Å². The van der Waals surface area contributed by atoms with Crippen molar-refractivity contribution >= 4 is 38.0 Å². The second-order valence-electron chi connectivity index (χ2n) is 9.18. The maximum absolute atomic E-state index is 9.19. The Bertz CT molecular complexity index is 1510. The molecular formula is C25H33N5O7S. The lowest BCUT2D eigenvalue weighted by molar-refractivity contribution is 0.121. The zero-order valence-corrected chi connectivity index (χ0v) is 23.2.